The average Bonchev–Trinajstić information content (AvgIpc) is 2.80. The van der Waals surface area contributed by atoms with E-state index in [0.717, 1.165) is 17.1 Å². The molecule has 6 heteroatoms. The topological polar surface area (TPSA) is 73.1 Å². The molecular weight excluding hydrogens is 268 g/mol. The fraction of sp³-hybridized carbons (Fsp3) is 0.533. The highest BCUT2D eigenvalue weighted by Gasteiger charge is 2.13. The first-order valence-corrected chi connectivity index (χ1v) is 6.97. The van der Waals surface area contributed by atoms with E-state index in [1.807, 2.05) is 19.1 Å². The number of pyridine rings is 1. The highest BCUT2D eigenvalue weighted by Crippen LogP contribution is 2.19. The molecular formula is C15H22N4O2. The number of nitrogens with zero attached hydrogens (tertiary/aromatic N) is 3. The van der Waals surface area contributed by atoms with Crippen molar-refractivity contribution in [3.63, 3.8) is 0 Å². The molecule has 2 aromatic heterocycles. The van der Waals surface area contributed by atoms with Crippen molar-refractivity contribution < 1.29 is 9.26 Å². The Morgan fingerprint density at radius 3 is 2.57 bits per heavy atom. The van der Waals surface area contributed by atoms with Gasteiger partial charge in [-0.2, -0.15) is 4.98 Å². The Kier molecular flexibility index (Phi) is 4.57. The minimum Gasteiger partial charge on any atom is -0.482 e. The van der Waals surface area contributed by atoms with Gasteiger partial charge in [0.15, 0.2) is 12.4 Å². The molecule has 2 heterocycles. The molecule has 0 spiro atoms. The Labute approximate surface area is 124 Å². The summed E-state index contributed by atoms with van der Waals surface area (Å²) in [6.45, 7) is 11.0. The summed E-state index contributed by atoms with van der Waals surface area (Å²) >= 11 is 0. The van der Waals surface area contributed by atoms with Crippen molar-refractivity contribution in [1.29, 1.82) is 0 Å². The molecule has 0 atom stereocenters. The van der Waals surface area contributed by atoms with Gasteiger partial charge in [0.25, 0.3) is 5.89 Å². The highest BCUT2D eigenvalue weighted by molar-refractivity contribution is 5.29. The van der Waals surface area contributed by atoms with Crippen LogP contribution in [-0.4, -0.2) is 20.7 Å². The second-order valence-electron chi connectivity index (χ2n) is 6.03. The predicted molar refractivity (Wildman–Crippen MR) is 78.9 cm³/mol. The molecule has 0 aliphatic rings. The van der Waals surface area contributed by atoms with Gasteiger partial charge in [0.1, 0.15) is 5.75 Å². The summed E-state index contributed by atoms with van der Waals surface area (Å²) < 4.78 is 10.8. The second-order valence-corrected chi connectivity index (χ2v) is 6.03. The van der Waals surface area contributed by atoms with Gasteiger partial charge in [-0.15, -0.1) is 0 Å². The zero-order valence-corrected chi connectivity index (χ0v) is 13.2. The van der Waals surface area contributed by atoms with Gasteiger partial charge in [0.05, 0.1) is 5.69 Å². The monoisotopic (exact) mass is 290 g/mol. The fourth-order valence-electron chi connectivity index (χ4n) is 1.74. The van der Waals surface area contributed by atoms with Crippen LogP contribution in [0.1, 0.15) is 43.9 Å². The van der Waals surface area contributed by atoms with Crippen LogP contribution in [0.3, 0.4) is 0 Å². The first-order chi connectivity index (χ1) is 9.83. The van der Waals surface area contributed by atoms with Crippen molar-refractivity contribution in [3.8, 4) is 5.75 Å². The van der Waals surface area contributed by atoms with Crippen molar-refractivity contribution in [1.82, 2.24) is 20.4 Å². The smallest absolute Gasteiger partial charge is 0.264 e. The van der Waals surface area contributed by atoms with E-state index in [9.17, 15) is 0 Å². The quantitative estimate of drug-likeness (QED) is 0.912. The van der Waals surface area contributed by atoms with Gasteiger partial charge in [-0.25, -0.2) is 0 Å². The normalized spacial score (nSPS) is 11.7. The van der Waals surface area contributed by atoms with E-state index < -0.39 is 0 Å². The molecule has 0 saturated carbocycles. The van der Waals surface area contributed by atoms with E-state index in [0.29, 0.717) is 18.3 Å². The summed E-state index contributed by atoms with van der Waals surface area (Å²) in [5.74, 6) is 1.79. The lowest BCUT2D eigenvalue weighted by Gasteiger charge is -2.21. The van der Waals surface area contributed by atoms with E-state index in [-0.39, 0.29) is 12.1 Å². The summed E-state index contributed by atoms with van der Waals surface area (Å²) in [7, 11) is 0. The van der Waals surface area contributed by atoms with Crippen molar-refractivity contribution in [2.75, 3.05) is 0 Å². The van der Waals surface area contributed by atoms with Crippen LogP contribution in [0.4, 0.5) is 0 Å². The molecule has 0 unspecified atom stereocenters. The maximum absolute atomic E-state index is 5.76. The van der Waals surface area contributed by atoms with Gasteiger partial charge in [0, 0.05) is 17.8 Å². The molecule has 0 bridgehead atoms. The van der Waals surface area contributed by atoms with Gasteiger partial charge in [-0.05, 0) is 46.8 Å². The maximum atomic E-state index is 5.76. The van der Waals surface area contributed by atoms with Crippen LogP contribution in [0.5, 0.6) is 5.75 Å². The summed E-state index contributed by atoms with van der Waals surface area (Å²) in [5, 5.41) is 7.15. The van der Waals surface area contributed by atoms with Crippen LogP contribution in [-0.2, 0) is 13.2 Å². The Morgan fingerprint density at radius 1 is 1.19 bits per heavy atom. The lowest BCUT2D eigenvalue weighted by molar-refractivity contribution is 0.238. The lowest BCUT2D eigenvalue weighted by atomic mass is 10.1. The van der Waals surface area contributed by atoms with Crippen LogP contribution in [0.25, 0.3) is 0 Å². The third kappa shape index (κ3) is 4.82. The van der Waals surface area contributed by atoms with Crippen molar-refractivity contribution >= 4 is 0 Å². The molecule has 2 rings (SSSR count). The van der Waals surface area contributed by atoms with Crippen molar-refractivity contribution in [3.05, 3.63) is 35.2 Å². The number of rotatable bonds is 5. The van der Waals surface area contributed by atoms with Gasteiger partial charge in [-0.1, -0.05) is 5.16 Å². The molecule has 0 fully saturated rings. The summed E-state index contributed by atoms with van der Waals surface area (Å²) in [4.78, 5) is 8.66. The number of aryl methyl sites for hydroxylation is 2. The standard InChI is InChI=1S/C15H22N4O2/c1-10-6-7-13(12(17-10)8-16-15(3,4)5)20-9-14-18-11(2)19-21-14/h6-7,16H,8-9H2,1-5H3. The molecule has 0 amide bonds. The second kappa shape index (κ2) is 6.22. The molecule has 1 N–H and O–H groups in total. The van der Waals surface area contributed by atoms with E-state index >= 15 is 0 Å². The average molecular weight is 290 g/mol. The number of ether oxygens (including phenoxy) is 1. The number of hydrogen-bond acceptors (Lipinski definition) is 6. The molecule has 0 aliphatic carbocycles. The first-order valence-electron chi connectivity index (χ1n) is 6.97. The predicted octanol–water partition coefficient (Wildman–Crippen LogP) is 2.55. The first kappa shape index (κ1) is 15.4. The molecule has 21 heavy (non-hydrogen) atoms. The molecule has 114 valence electrons. The Bertz CT molecular complexity index is 602. The largest absolute Gasteiger partial charge is 0.482 e. The zero-order chi connectivity index (χ0) is 15.5. The Balaban J connectivity index is 2.07. The SMILES string of the molecule is Cc1ccc(OCc2nc(C)no2)c(CNC(C)(C)C)n1. The molecule has 0 radical (unpaired) electrons. The summed E-state index contributed by atoms with van der Waals surface area (Å²) in [6, 6.07) is 3.85. The maximum Gasteiger partial charge on any atom is 0.264 e. The lowest BCUT2D eigenvalue weighted by Crippen LogP contribution is -2.35. The minimum atomic E-state index is 0.0201. The van der Waals surface area contributed by atoms with E-state index in [4.69, 9.17) is 9.26 Å². The van der Waals surface area contributed by atoms with Gasteiger partial charge in [0.2, 0.25) is 0 Å². The van der Waals surface area contributed by atoms with E-state index in [1.54, 1.807) is 6.92 Å². The van der Waals surface area contributed by atoms with Gasteiger partial charge >= 0.3 is 0 Å². The van der Waals surface area contributed by atoms with E-state index in [1.165, 1.54) is 0 Å². The van der Waals surface area contributed by atoms with Crippen LogP contribution in [0, 0.1) is 13.8 Å². The van der Waals surface area contributed by atoms with Gasteiger partial charge < -0.3 is 14.6 Å². The van der Waals surface area contributed by atoms with Crippen molar-refractivity contribution in [2.24, 2.45) is 0 Å². The third-order valence-corrected chi connectivity index (χ3v) is 2.78. The minimum absolute atomic E-state index is 0.0201. The molecule has 0 aliphatic heterocycles. The van der Waals surface area contributed by atoms with Crippen LogP contribution in [0.2, 0.25) is 0 Å². The third-order valence-electron chi connectivity index (χ3n) is 2.78. The Morgan fingerprint density at radius 2 is 1.95 bits per heavy atom. The molecule has 0 saturated heterocycles. The molecule has 0 aromatic carbocycles. The number of nitrogens with one attached hydrogen (secondary N) is 1. The Hall–Kier alpha value is -1.95. The summed E-state index contributed by atoms with van der Waals surface area (Å²) in [5.41, 5.74) is 1.86. The van der Waals surface area contributed by atoms with Crippen LogP contribution < -0.4 is 10.1 Å². The highest BCUT2D eigenvalue weighted by atomic mass is 16.5. The summed E-state index contributed by atoms with van der Waals surface area (Å²) in [6.07, 6.45) is 0. The number of hydrogen-bond donors (Lipinski definition) is 1. The fourth-order valence-corrected chi connectivity index (χ4v) is 1.74. The van der Waals surface area contributed by atoms with Crippen molar-refractivity contribution in [2.45, 2.75) is 53.3 Å². The van der Waals surface area contributed by atoms with E-state index in [2.05, 4.69) is 41.2 Å². The van der Waals surface area contributed by atoms with Gasteiger partial charge in [-0.3, -0.25) is 4.98 Å². The number of aromatic nitrogens is 3. The zero-order valence-electron chi connectivity index (χ0n) is 13.2. The van der Waals surface area contributed by atoms with Crippen LogP contribution in [0.15, 0.2) is 16.7 Å². The molecule has 6 nitrogen and oxygen atoms in total. The molecule has 2 aromatic rings. The van der Waals surface area contributed by atoms with Crippen LogP contribution >= 0.6 is 0 Å².